The van der Waals surface area contributed by atoms with Crippen LogP contribution in [0.1, 0.15) is 0 Å². The zero-order valence-electron chi connectivity index (χ0n) is 7.83. The molecular formula is C9H8N4OS. The Labute approximate surface area is 90.6 Å². The number of rotatable bonds is 1. The van der Waals surface area contributed by atoms with Crippen LogP contribution in [0.2, 0.25) is 0 Å². The highest BCUT2D eigenvalue weighted by atomic mass is 32.2. The van der Waals surface area contributed by atoms with Crippen LogP contribution >= 0.6 is 11.8 Å². The van der Waals surface area contributed by atoms with Crippen LogP contribution in [0.5, 0.6) is 0 Å². The van der Waals surface area contributed by atoms with Gasteiger partial charge in [0.2, 0.25) is 0 Å². The molecule has 2 aliphatic heterocycles. The van der Waals surface area contributed by atoms with Crippen LogP contribution in [0, 0.1) is 5.92 Å². The maximum Gasteiger partial charge on any atom is 0.259 e. The molecule has 2 aliphatic rings. The molecule has 0 N–H and O–H groups in total. The first-order valence-corrected chi connectivity index (χ1v) is 5.78. The molecule has 0 aliphatic carbocycles. The number of hydrogen-bond acceptors (Lipinski definition) is 5. The summed E-state index contributed by atoms with van der Waals surface area (Å²) in [5, 5.41) is 5.58. The number of nitrogens with zero attached hydrogens (tertiary/aromatic N) is 4. The minimum atomic E-state index is -0.0428. The molecule has 1 aromatic rings. The number of fused-ring (bicyclic) bond motifs is 1. The highest BCUT2D eigenvalue weighted by molar-refractivity contribution is 8.00. The number of aromatic nitrogens is 2. The van der Waals surface area contributed by atoms with Crippen LogP contribution in [-0.4, -0.2) is 33.1 Å². The average Bonchev–Trinajstić information content (AvgIpc) is 2.83. The number of carbonyl (C=O) groups excluding carboxylic acids is 1. The summed E-state index contributed by atoms with van der Waals surface area (Å²) in [5.41, 5.74) is 0.956. The first-order chi connectivity index (χ1) is 7.36. The van der Waals surface area contributed by atoms with Crippen molar-refractivity contribution in [1.82, 2.24) is 9.97 Å². The van der Waals surface area contributed by atoms with Gasteiger partial charge in [0.1, 0.15) is 0 Å². The van der Waals surface area contributed by atoms with Gasteiger partial charge in [-0.25, -0.2) is 9.97 Å². The lowest BCUT2D eigenvalue weighted by molar-refractivity contribution is -0.119. The molecule has 0 spiro atoms. The maximum absolute atomic E-state index is 11.9. The fourth-order valence-electron chi connectivity index (χ4n) is 1.66. The number of anilines is 1. The first-order valence-electron chi connectivity index (χ1n) is 4.62. The number of carbonyl (C=O) groups is 1. The van der Waals surface area contributed by atoms with Crippen molar-refractivity contribution in [2.24, 2.45) is 11.0 Å². The van der Waals surface area contributed by atoms with Crippen molar-refractivity contribution in [2.45, 2.75) is 0 Å². The van der Waals surface area contributed by atoms with Gasteiger partial charge in [0.25, 0.3) is 11.9 Å². The molecule has 0 saturated carbocycles. The van der Waals surface area contributed by atoms with E-state index >= 15 is 0 Å². The van der Waals surface area contributed by atoms with Crippen LogP contribution in [0.4, 0.5) is 5.95 Å². The predicted octanol–water partition coefficient (Wildman–Crippen LogP) is 0.542. The van der Waals surface area contributed by atoms with Crippen LogP contribution in [0.25, 0.3) is 0 Å². The number of hydrazone groups is 1. The van der Waals surface area contributed by atoms with E-state index < -0.39 is 0 Å². The highest BCUT2D eigenvalue weighted by Crippen LogP contribution is 2.30. The van der Waals surface area contributed by atoms with E-state index in [9.17, 15) is 4.79 Å². The van der Waals surface area contributed by atoms with Crippen LogP contribution < -0.4 is 5.01 Å². The molecule has 5 nitrogen and oxygen atoms in total. The van der Waals surface area contributed by atoms with Crippen molar-refractivity contribution in [2.75, 3.05) is 16.5 Å². The number of amides is 1. The summed E-state index contributed by atoms with van der Waals surface area (Å²) < 4.78 is 0. The topological polar surface area (TPSA) is 58.5 Å². The molecule has 0 bridgehead atoms. The van der Waals surface area contributed by atoms with Gasteiger partial charge in [0, 0.05) is 23.9 Å². The fraction of sp³-hybridized carbons (Fsp3) is 0.333. The lowest BCUT2D eigenvalue weighted by atomic mass is 10.1. The zero-order chi connectivity index (χ0) is 10.3. The van der Waals surface area contributed by atoms with Crippen molar-refractivity contribution >= 4 is 29.3 Å². The highest BCUT2D eigenvalue weighted by Gasteiger charge is 2.40. The van der Waals surface area contributed by atoms with Gasteiger partial charge in [-0.3, -0.25) is 4.79 Å². The van der Waals surface area contributed by atoms with E-state index in [0.29, 0.717) is 5.95 Å². The molecule has 0 aromatic carbocycles. The molecule has 1 aromatic heterocycles. The van der Waals surface area contributed by atoms with E-state index in [1.54, 1.807) is 30.2 Å². The van der Waals surface area contributed by atoms with Gasteiger partial charge in [-0.05, 0) is 6.07 Å². The second-order valence-electron chi connectivity index (χ2n) is 3.36. The fourth-order valence-corrected chi connectivity index (χ4v) is 2.82. The normalized spacial score (nSPS) is 24.3. The zero-order valence-corrected chi connectivity index (χ0v) is 8.65. The van der Waals surface area contributed by atoms with Gasteiger partial charge in [0.15, 0.2) is 0 Å². The summed E-state index contributed by atoms with van der Waals surface area (Å²) >= 11 is 1.75. The molecule has 0 radical (unpaired) electrons. The third-order valence-electron chi connectivity index (χ3n) is 2.41. The van der Waals surface area contributed by atoms with Crippen LogP contribution in [0.15, 0.2) is 23.6 Å². The van der Waals surface area contributed by atoms with E-state index in [1.165, 1.54) is 5.01 Å². The molecule has 1 atom stereocenters. The molecule has 76 valence electrons. The van der Waals surface area contributed by atoms with Gasteiger partial charge in [-0.1, -0.05) is 0 Å². The Bertz CT molecular complexity index is 433. The maximum atomic E-state index is 11.9. The number of hydrogen-bond donors (Lipinski definition) is 0. The van der Waals surface area contributed by atoms with Crippen molar-refractivity contribution in [3.05, 3.63) is 18.5 Å². The number of thioether (sulfide) groups is 1. The molecule has 1 unspecified atom stereocenters. The van der Waals surface area contributed by atoms with E-state index in [0.717, 1.165) is 17.2 Å². The smallest absolute Gasteiger partial charge is 0.259 e. The standard InChI is InChI=1S/C9H8N4OS/c14-8-6-4-15-5-7(6)12-13(8)9-10-2-1-3-11-9/h1-3,6H,4-5H2. The monoisotopic (exact) mass is 220 g/mol. The minimum Gasteiger partial charge on any atom is -0.272 e. The minimum absolute atomic E-state index is 0.00111. The Morgan fingerprint density at radius 2 is 2.20 bits per heavy atom. The predicted molar refractivity (Wildman–Crippen MR) is 57.8 cm³/mol. The SMILES string of the molecule is O=C1C2CSCC2=NN1c1ncccn1. The summed E-state index contributed by atoms with van der Waals surface area (Å²) in [4.78, 5) is 19.9. The summed E-state index contributed by atoms with van der Waals surface area (Å²) in [6.07, 6.45) is 3.22. The van der Waals surface area contributed by atoms with Crippen LogP contribution in [0.3, 0.4) is 0 Å². The summed E-state index contributed by atoms with van der Waals surface area (Å²) in [6, 6.07) is 1.72. The van der Waals surface area contributed by atoms with Gasteiger partial charge >= 0.3 is 0 Å². The van der Waals surface area contributed by atoms with Gasteiger partial charge in [-0.15, -0.1) is 0 Å². The van der Waals surface area contributed by atoms with Gasteiger partial charge in [-0.2, -0.15) is 21.9 Å². The first kappa shape index (κ1) is 8.84. The Hall–Kier alpha value is -1.43. The second kappa shape index (κ2) is 3.30. The molecule has 3 heterocycles. The summed E-state index contributed by atoms with van der Waals surface area (Å²) in [7, 11) is 0. The Morgan fingerprint density at radius 3 is 2.93 bits per heavy atom. The lowest BCUT2D eigenvalue weighted by Gasteiger charge is -2.10. The third kappa shape index (κ3) is 1.32. The van der Waals surface area contributed by atoms with Gasteiger partial charge in [0.05, 0.1) is 11.6 Å². The van der Waals surface area contributed by atoms with Gasteiger partial charge < -0.3 is 0 Å². The molecule has 6 heteroatoms. The van der Waals surface area contributed by atoms with Crippen molar-refractivity contribution in [3.63, 3.8) is 0 Å². The van der Waals surface area contributed by atoms with E-state index in [4.69, 9.17) is 0 Å². The molecule has 1 fully saturated rings. The van der Waals surface area contributed by atoms with Crippen LogP contribution in [-0.2, 0) is 4.79 Å². The Morgan fingerprint density at radius 1 is 1.40 bits per heavy atom. The third-order valence-corrected chi connectivity index (χ3v) is 3.48. The van der Waals surface area contributed by atoms with E-state index in [1.807, 2.05) is 0 Å². The largest absolute Gasteiger partial charge is 0.272 e. The average molecular weight is 220 g/mol. The summed E-state index contributed by atoms with van der Waals surface area (Å²) in [5.74, 6) is 2.01. The Balaban J connectivity index is 1.97. The molecule has 3 rings (SSSR count). The lowest BCUT2D eigenvalue weighted by Crippen LogP contribution is -2.28. The second-order valence-corrected chi connectivity index (χ2v) is 4.39. The molecule has 15 heavy (non-hydrogen) atoms. The quantitative estimate of drug-likeness (QED) is 0.693. The van der Waals surface area contributed by atoms with Crippen molar-refractivity contribution in [1.29, 1.82) is 0 Å². The van der Waals surface area contributed by atoms with E-state index in [2.05, 4.69) is 15.1 Å². The molecule has 1 saturated heterocycles. The van der Waals surface area contributed by atoms with Crippen molar-refractivity contribution in [3.8, 4) is 0 Å². The molecule has 1 amide bonds. The van der Waals surface area contributed by atoms with Crippen molar-refractivity contribution < 1.29 is 4.79 Å². The molecular weight excluding hydrogens is 212 g/mol. The Kier molecular flexibility index (Phi) is 1.95. The van der Waals surface area contributed by atoms with E-state index in [-0.39, 0.29) is 11.8 Å². The summed E-state index contributed by atoms with van der Waals surface area (Å²) in [6.45, 7) is 0.